The first kappa shape index (κ1) is 27.5. The first-order chi connectivity index (χ1) is 14.4. The minimum absolute atomic E-state index is 0.247. The van der Waals surface area contributed by atoms with Crippen LogP contribution >= 0.6 is 0 Å². The fourth-order valence-electron chi connectivity index (χ4n) is 2.05. The monoisotopic (exact) mass is 688 g/mol. The van der Waals surface area contributed by atoms with Crippen molar-refractivity contribution < 1.29 is 38.1 Å². The fraction of sp³-hybridized carbons (Fsp3) is 0.556. The molecule has 1 aliphatic heterocycles. The molecule has 1 aliphatic rings. The van der Waals surface area contributed by atoms with E-state index in [2.05, 4.69) is 0 Å². The van der Waals surface area contributed by atoms with Crippen LogP contribution < -0.4 is 0 Å². The molecule has 1 rings (SSSR count). The average molecular weight is 684 g/mol. The van der Waals surface area contributed by atoms with Gasteiger partial charge in [0, 0.05) is 0 Å². The number of methoxy groups -OCH3 is 4. The SMILES string of the molecule is COC(=O)/C1=C(\C(=O)OC)[Se]CCC[Se]/C(C(=O)OC)=C(/C(=O)OC)[Se]CCC[Se]1. The number of carbonyl (C=O) groups excluding carboxylic acids is 4. The summed E-state index contributed by atoms with van der Waals surface area (Å²) in [5.41, 5.74) is 0. The van der Waals surface area contributed by atoms with Crippen molar-refractivity contribution in [2.45, 2.75) is 34.1 Å². The third kappa shape index (κ3) is 8.52. The van der Waals surface area contributed by atoms with Crippen LogP contribution in [0.4, 0.5) is 0 Å². The first-order valence-corrected chi connectivity index (χ1v) is 17.0. The number of hydrogen-bond acceptors (Lipinski definition) is 8. The molecule has 0 aliphatic carbocycles. The Bertz CT molecular complexity index is 601. The predicted octanol–water partition coefficient (Wildman–Crippen LogP) is 0.385. The van der Waals surface area contributed by atoms with E-state index in [9.17, 15) is 19.2 Å². The second kappa shape index (κ2) is 15.3. The maximum absolute atomic E-state index is 12.3. The van der Waals surface area contributed by atoms with Crippen LogP contribution in [-0.2, 0) is 38.1 Å². The molecule has 0 N–H and O–H groups in total. The second-order valence-corrected chi connectivity index (χ2v) is 14.7. The van der Waals surface area contributed by atoms with Crippen molar-refractivity contribution in [1.29, 1.82) is 0 Å². The van der Waals surface area contributed by atoms with Gasteiger partial charge in [-0.05, 0) is 0 Å². The third-order valence-corrected chi connectivity index (χ3v) is 14.4. The van der Waals surface area contributed by atoms with Gasteiger partial charge in [-0.1, -0.05) is 0 Å². The molecule has 0 unspecified atom stereocenters. The molecule has 0 radical (unpaired) electrons. The third-order valence-electron chi connectivity index (χ3n) is 3.46. The van der Waals surface area contributed by atoms with Crippen molar-refractivity contribution in [3.63, 3.8) is 0 Å². The Morgan fingerprint density at radius 2 is 0.700 bits per heavy atom. The zero-order chi connectivity index (χ0) is 22.5. The summed E-state index contributed by atoms with van der Waals surface area (Å²) in [6, 6.07) is 0. The molecule has 0 aromatic rings. The molecule has 0 saturated heterocycles. The van der Waals surface area contributed by atoms with Crippen LogP contribution in [0.1, 0.15) is 12.8 Å². The van der Waals surface area contributed by atoms with Gasteiger partial charge in [0.05, 0.1) is 0 Å². The van der Waals surface area contributed by atoms with Crippen molar-refractivity contribution in [2.75, 3.05) is 28.4 Å². The van der Waals surface area contributed by atoms with Gasteiger partial charge in [-0.2, -0.15) is 0 Å². The molecule has 12 heteroatoms. The van der Waals surface area contributed by atoms with Crippen molar-refractivity contribution in [3.8, 4) is 0 Å². The number of esters is 4. The number of carbonyl (C=O) groups is 4. The molecule has 0 fully saturated rings. The molecular weight excluding hydrogens is 660 g/mol. The summed E-state index contributed by atoms with van der Waals surface area (Å²) in [7, 11) is 5.25. The minimum atomic E-state index is -0.470. The summed E-state index contributed by atoms with van der Waals surface area (Å²) in [5.74, 6) is -1.88. The van der Waals surface area contributed by atoms with Gasteiger partial charge in [-0.15, -0.1) is 0 Å². The van der Waals surface area contributed by atoms with E-state index in [0.29, 0.717) is 39.2 Å². The van der Waals surface area contributed by atoms with Crippen LogP contribution in [0.2, 0.25) is 21.3 Å². The molecule has 0 spiro atoms. The molecule has 0 bridgehead atoms. The van der Waals surface area contributed by atoms with Crippen molar-refractivity contribution in [2.24, 2.45) is 0 Å². The molecule has 0 aromatic carbocycles. The predicted molar refractivity (Wildman–Crippen MR) is 114 cm³/mol. The molecule has 8 nitrogen and oxygen atoms in total. The van der Waals surface area contributed by atoms with Crippen LogP contribution in [0.5, 0.6) is 0 Å². The van der Waals surface area contributed by atoms with E-state index in [4.69, 9.17) is 18.9 Å². The van der Waals surface area contributed by atoms with Gasteiger partial charge in [0.2, 0.25) is 0 Å². The number of hydrogen-bond donors (Lipinski definition) is 0. The van der Waals surface area contributed by atoms with E-state index in [1.807, 2.05) is 0 Å². The van der Waals surface area contributed by atoms with Gasteiger partial charge < -0.3 is 0 Å². The van der Waals surface area contributed by atoms with Gasteiger partial charge in [0.1, 0.15) is 0 Å². The van der Waals surface area contributed by atoms with Gasteiger partial charge in [-0.3, -0.25) is 0 Å². The Balaban J connectivity index is 3.15. The molecule has 0 saturated carbocycles. The number of ether oxygens (including phenoxy) is 4. The summed E-state index contributed by atoms with van der Waals surface area (Å²) >= 11 is -0.989. The van der Waals surface area contributed by atoms with Crippen molar-refractivity contribution in [3.05, 3.63) is 17.9 Å². The Morgan fingerprint density at radius 1 is 0.500 bits per heavy atom. The molecule has 0 aromatic heterocycles. The summed E-state index contributed by atoms with van der Waals surface area (Å²) in [5, 5.41) is 2.84. The molecule has 168 valence electrons. The summed E-state index contributed by atoms with van der Waals surface area (Å²) in [6.45, 7) is 0. The van der Waals surface area contributed by atoms with E-state index in [-0.39, 0.29) is 59.8 Å². The van der Waals surface area contributed by atoms with E-state index in [1.165, 1.54) is 28.4 Å². The Labute approximate surface area is 201 Å². The normalized spacial score (nSPS) is 21.7. The van der Waals surface area contributed by atoms with Crippen LogP contribution in [0.15, 0.2) is 17.9 Å². The second-order valence-electron chi connectivity index (χ2n) is 5.38. The summed E-state index contributed by atoms with van der Waals surface area (Å²) < 4.78 is 21.4. The Morgan fingerprint density at radius 3 is 0.867 bits per heavy atom. The van der Waals surface area contributed by atoms with E-state index in [0.717, 1.165) is 12.8 Å². The Kier molecular flexibility index (Phi) is 14.0. The molecule has 0 amide bonds. The van der Waals surface area contributed by atoms with Crippen molar-refractivity contribution >= 4 is 83.7 Å². The fourth-order valence-corrected chi connectivity index (χ4v) is 14.1. The van der Waals surface area contributed by atoms with Crippen LogP contribution in [0, 0.1) is 0 Å². The standard InChI is InChI=1S/C18H24O8Se4/c1-23-15(19)11-12(16(20)24-2)28-8-6-10-30-14(18(22)26-4)13(17(21)25-3)29-9-5-7-27-11/h5-10H2,1-4H3/b12-11-,14-13-. The topological polar surface area (TPSA) is 105 Å². The Hall–Kier alpha value is -0.562. The molecular formula is C18H24O8Se4. The summed E-state index contributed by atoms with van der Waals surface area (Å²) in [4.78, 5) is 49.2. The van der Waals surface area contributed by atoms with Crippen molar-refractivity contribution in [1.82, 2.24) is 0 Å². The zero-order valence-corrected chi connectivity index (χ0v) is 24.0. The van der Waals surface area contributed by atoms with Gasteiger partial charge >= 0.3 is 202 Å². The maximum atomic E-state index is 12.3. The van der Waals surface area contributed by atoms with Crippen LogP contribution in [-0.4, -0.2) is 112 Å². The van der Waals surface area contributed by atoms with E-state index < -0.39 is 23.9 Å². The molecule has 0 atom stereocenters. The van der Waals surface area contributed by atoms with Crippen LogP contribution in [0.25, 0.3) is 0 Å². The van der Waals surface area contributed by atoms with Gasteiger partial charge in [0.15, 0.2) is 0 Å². The quantitative estimate of drug-likeness (QED) is 0.238. The first-order valence-electron chi connectivity index (χ1n) is 8.74. The summed E-state index contributed by atoms with van der Waals surface area (Å²) in [6.07, 6.45) is 1.51. The van der Waals surface area contributed by atoms with Crippen LogP contribution in [0.3, 0.4) is 0 Å². The van der Waals surface area contributed by atoms with E-state index in [1.54, 1.807) is 0 Å². The van der Waals surface area contributed by atoms with Gasteiger partial charge in [0.25, 0.3) is 0 Å². The number of rotatable bonds is 4. The average Bonchev–Trinajstić information content (AvgIpc) is 2.77. The van der Waals surface area contributed by atoms with E-state index >= 15 is 0 Å². The molecule has 1 heterocycles. The zero-order valence-electron chi connectivity index (χ0n) is 17.1. The molecule has 30 heavy (non-hydrogen) atoms. The van der Waals surface area contributed by atoms with Gasteiger partial charge in [-0.25, -0.2) is 0 Å².